The van der Waals surface area contributed by atoms with Crippen molar-refractivity contribution in [3.63, 3.8) is 0 Å². The molecule has 0 aromatic heterocycles. The van der Waals surface area contributed by atoms with Crippen molar-refractivity contribution in [2.24, 2.45) is 4.99 Å². The molecule has 1 N–H and O–H groups in total. The highest BCUT2D eigenvalue weighted by atomic mass is 32.2. The third kappa shape index (κ3) is 4.21. The Morgan fingerprint density at radius 1 is 1.42 bits per heavy atom. The van der Waals surface area contributed by atoms with Crippen LogP contribution in [0.4, 0.5) is 0 Å². The van der Waals surface area contributed by atoms with Crippen LogP contribution in [0.3, 0.4) is 0 Å². The molecule has 0 unspecified atom stereocenters. The van der Waals surface area contributed by atoms with Crippen molar-refractivity contribution < 1.29 is 9.59 Å². The van der Waals surface area contributed by atoms with Crippen molar-refractivity contribution in [3.05, 3.63) is 0 Å². The van der Waals surface area contributed by atoms with Gasteiger partial charge in [0, 0.05) is 32.6 Å². The molecular weight excluding hydrogens is 264 g/mol. The molecule has 2 amide bonds. The lowest BCUT2D eigenvalue weighted by Gasteiger charge is -2.32. The van der Waals surface area contributed by atoms with Crippen LogP contribution in [0.25, 0.3) is 0 Å². The van der Waals surface area contributed by atoms with Gasteiger partial charge in [0.15, 0.2) is 5.17 Å². The molecule has 0 bridgehead atoms. The second-order valence-electron chi connectivity index (χ2n) is 5.01. The molecule has 106 valence electrons. The number of amidine groups is 1. The van der Waals surface area contributed by atoms with E-state index in [2.05, 4.69) is 22.3 Å². The molecule has 0 aromatic rings. The predicted octanol–water partition coefficient (Wildman–Crippen LogP) is -0.242. The summed E-state index contributed by atoms with van der Waals surface area (Å²) in [5, 5.41) is 3.28. The summed E-state index contributed by atoms with van der Waals surface area (Å²) in [5.74, 6) is 0.445. The average Bonchev–Trinajstić information content (AvgIpc) is 2.36. The zero-order chi connectivity index (χ0) is 13.8. The number of hydrogen-bond acceptors (Lipinski definition) is 5. The number of carbonyl (C=O) groups is 2. The van der Waals surface area contributed by atoms with Crippen LogP contribution < -0.4 is 5.32 Å². The highest BCUT2D eigenvalue weighted by Crippen LogP contribution is 2.12. The van der Waals surface area contributed by atoms with Crippen molar-refractivity contribution in [1.29, 1.82) is 0 Å². The van der Waals surface area contributed by atoms with Crippen molar-refractivity contribution in [2.45, 2.75) is 19.4 Å². The van der Waals surface area contributed by atoms with Crippen LogP contribution >= 0.6 is 11.8 Å². The van der Waals surface area contributed by atoms with E-state index in [1.54, 1.807) is 0 Å². The minimum absolute atomic E-state index is 0.00925. The molecule has 19 heavy (non-hydrogen) atoms. The first-order chi connectivity index (χ1) is 9.04. The SMILES string of the molecule is C[C@H]1CC(=O)NC(SCC(=O)N2CCN(C)CC2)=N1. The third-order valence-corrected chi connectivity index (χ3v) is 4.13. The number of hydrogen-bond donors (Lipinski definition) is 1. The molecule has 0 spiro atoms. The van der Waals surface area contributed by atoms with E-state index in [-0.39, 0.29) is 17.9 Å². The first-order valence-corrected chi connectivity index (χ1v) is 7.50. The summed E-state index contributed by atoms with van der Waals surface area (Å²) in [4.78, 5) is 31.8. The van der Waals surface area contributed by atoms with Gasteiger partial charge in [0.05, 0.1) is 11.8 Å². The van der Waals surface area contributed by atoms with Gasteiger partial charge in [0.25, 0.3) is 0 Å². The van der Waals surface area contributed by atoms with E-state index in [0.717, 1.165) is 26.2 Å². The smallest absolute Gasteiger partial charge is 0.233 e. The Bertz CT molecular complexity index is 391. The van der Waals surface area contributed by atoms with Crippen LogP contribution in [0, 0.1) is 0 Å². The molecule has 0 radical (unpaired) electrons. The highest BCUT2D eigenvalue weighted by molar-refractivity contribution is 8.14. The Morgan fingerprint density at radius 3 is 2.74 bits per heavy atom. The molecule has 1 fully saturated rings. The van der Waals surface area contributed by atoms with E-state index in [1.807, 2.05) is 11.8 Å². The number of thioether (sulfide) groups is 1. The van der Waals surface area contributed by atoms with E-state index < -0.39 is 0 Å². The Balaban J connectivity index is 1.79. The van der Waals surface area contributed by atoms with Crippen molar-refractivity contribution in [1.82, 2.24) is 15.1 Å². The lowest BCUT2D eigenvalue weighted by molar-refractivity contribution is -0.129. The van der Waals surface area contributed by atoms with Crippen molar-refractivity contribution in [3.8, 4) is 0 Å². The summed E-state index contributed by atoms with van der Waals surface area (Å²) in [6, 6.07) is 0.00925. The Kier molecular flexibility index (Phi) is 4.81. The molecule has 2 aliphatic heterocycles. The number of nitrogens with one attached hydrogen (secondary N) is 1. The number of carbonyl (C=O) groups excluding carboxylic acids is 2. The molecule has 2 rings (SSSR count). The van der Waals surface area contributed by atoms with Gasteiger partial charge in [-0.1, -0.05) is 11.8 Å². The summed E-state index contributed by atoms with van der Waals surface area (Å²) in [6.07, 6.45) is 0.427. The van der Waals surface area contributed by atoms with Gasteiger partial charge in [-0.15, -0.1) is 0 Å². The molecular formula is C12H20N4O2S. The minimum atomic E-state index is -0.0166. The predicted molar refractivity (Wildman–Crippen MR) is 76.2 cm³/mol. The van der Waals surface area contributed by atoms with Crippen LogP contribution in [-0.2, 0) is 9.59 Å². The second kappa shape index (κ2) is 6.38. The lowest BCUT2D eigenvalue weighted by Crippen LogP contribution is -2.48. The number of likely N-dealkylation sites (N-methyl/N-ethyl adjacent to an activating group) is 1. The van der Waals surface area contributed by atoms with E-state index in [1.165, 1.54) is 11.8 Å². The van der Waals surface area contributed by atoms with Gasteiger partial charge in [-0.05, 0) is 14.0 Å². The van der Waals surface area contributed by atoms with Crippen molar-refractivity contribution >= 4 is 28.7 Å². The fraction of sp³-hybridized carbons (Fsp3) is 0.750. The maximum Gasteiger partial charge on any atom is 0.233 e. The molecule has 2 aliphatic rings. The van der Waals surface area contributed by atoms with Crippen LogP contribution in [0.5, 0.6) is 0 Å². The van der Waals surface area contributed by atoms with Gasteiger partial charge >= 0.3 is 0 Å². The van der Waals surface area contributed by atoms with Gasteiger partial charge < -0.3 is 15.1 Å². The van der Waals surface area contributed by atoms with Gasteiger partial charge in [-0.2, -0.15) is 0 Å². The Labute approximate surface area is 117 Å². The zero-order valence-electron chi connectivity index (χ0n) is 11.4. The lowest BCUT2D eigenvalue weighted by atomic mass is 10.2. The number of aliphatic imine (C=N–C) groups is 1. The first kappa shape index (κ1) is 14.3. The Morgan fingerprint density at radius 2 is 2.11 bits per heavy atom. The summed E-state index contributed by atoms with van der Waals surface area (Å²) in [7, 11) is 2.06. The van der Waals surface area contributed by atoms with E-state index in [4.69, 9.17) is 0 Å². The Hall–Kier alpha value is -1.08. The van der Waals surface area contributed by atoms with E-state index >= 15 is 0 Å². The van der Waals surface area contributed by atoms with Gasteiger partial charge in [-0.3, -0.25) is 14.6 Å². The van der Waals surface area contributed by atoms with Crippen LogP contribution in [0.15, 0.2) is 4.99 Å². The zero-order valence-corrected chi connectivity index (χ0v) is 12.2. The largest absolute Gasteiger partial charge is 0.339 e. The third-order valence-electron chi connectivity index (χ3n) is 3.25. The van der Waals surface area contributed by atoms with E-state index in [0.29, 0.717) is 17.3 Å². The van der Waals surface area contributed by atoms with Crippen molar-refractivity contribution in [2.75, 3.05) is 39.0 Å². The van der Waals surface area contributed by atoms with E-state index in [9.17, 15) is 9.59 Å². The van der Waals surface area contributed by atoms with Crippen LogP contribution in [0.1, 0.15) is 13.3 Å². The van der Waals surface area contributed by atoms with Crippen LogP contribution in [-0.4, -0.2) is 71.8 Å². The monoisotopic (exact) mass is 284 g/mol. The quantitative estimate of drug-likeness (QED) is 0.760. The first-order valence-electron chi connectivity index (χ1n) is 6.51. The molecule has 2 heterocycles. The maximum absolute atomic E-state index is 12.0. The molecule has 1 saturated heterocycles. The summed E-state index contributed by atoms with van der Waals surface area (Å²) < 4.78 is 0. The second-order valence-corrected chi connectivity index (χ2v) is 5.97. The fourth-order valence-electron chi connectivity index (χ4n) is 2.07. The fourth-order valence-corrected chi connectivity index (χ4v) is 2.95. The molecule has 0 saturated carbocycles. The van der Waals surface area contributed by atoms with Crippen LogP contribution in [0.2, 0.25) is 0 Å². The maximum atomic E-state index is 12.0. The molecule has 7 heteroatoms. The normalized spacial score (nSPS) is 24.9. The minimum Gasteiger partial charge on any atom is -0.339 e. The van der Waals surface area contributed by atoms with Gasteiger partial charge in [0.2, 0.25) is 11.8 Å². The summed E-state index contributed by atoms with van der Waals surface area (Å²) >= 11 is 1.32. The average molecular weight is 284 g/mol. The molecule has 1 atom stereocenters. The number of piperazine rings is 1. The summed E-state index contributed by atoms with van der Waals surface area (Å²) in [6.45, 7) is 5.31. The number of amides is 2. The molecule has 6 nitrogen and oxygen atoms in total. The molecule has 0 aliphatic carbocycles. The molecule has 0 aromatic carbocycles. The number of nitrogens with zero attached hydrogens (tertiary/aromatic N) is 3. The topological polar surface area (TPSA) is 65.0 Å². The summed E-state index contributed by atoms with van der Waals surface area (Å²) in [5.41, 5.74) is 0. The van der Waals surface area contributed by atoms with Gasteiger partial charge in [0.1, 0.15) is 0 Å². The standard InChI is InChI=1S/C12H20N4O2S/c1-9-7-10(17)14-12(13-9)19-8-11(18)16-5-3-15(2)4-6-16/h9H,3-8H2,1-2H3,(H,13,14,17)/t9-/m0/s1. The highest BCUT2D eigenvalue weighted by Gasteiger charge is 2.22. The van der Waals surface area contributed by atoms with Gasteiger partial charge in [-0.25, -0.2) is 0 Å². The number of rotatable bonds is 2.